The molecule has 4 heterocycles. The van der Waals surface area contributed by atoms with Gasteiger partial charge in [-0.05, 0) is 56.7 Å². The quantitative estimate of drug-likeness (QED) is 0.468. The van der Waals surface area contributed by atoms with Crippen molar-refractivity contribution in [2.24, 2.45) is 0 Å². The van der Waals surface area contributed by atoms with Crippen LogP contribution in [0.25, 0.3) is 0 Å². The lowest BCUT2D eigenvalue weighted by atomic mass is 10.00. The summed E-state index contributed by atoms with van der Waals surface area (Å²) in [5, 5.41) is 10.5. The number of anilines is 1. The van der Waals surface area contributed by atoms with Crippen molar-refractivity contribution in [1.29, 1.82) is 0 Å². The zero-order valence-corrected chi connectivity index (χ0v) is 23.2. The molecular formula is C29H35N3O9. The Morgan fingerprint density at radius 1 is 1.07 bits per heavy atom. The molecule has 2 saturated heterocycles. The molecule has 2 amide bonds. The third-order valence-corrected chi connectivity index (χ3v) is 7.59. The van der Waals surface area contributed by atoms with Crippen LogP contribution in [0, 0.1) is 0 Å². The summed E-state index contributed by atoms with van der Waals surface area (Å²) in [4.78, 5) is 45.7. The summed E-state index contributed by atoms with van der Waals surface area (Å²) in [5.74, 6) is -0.184. The fraction of sp³-hybridized carbons (Fsp3) is 0.517. The molecule has 12 heteroatoms. The minimum atomic E-state index is -1.25. The number of amides is 2. The van der Waals surface area contributed by atoms with Crippen LogP contribution in [0.4, 0.5) is 10.5 Å². The van der Waals surface area contributed by atoms with Crippen molar-refractivity contribution in [3.63, 3.8) is 0 Å². The molecule has 41 heavy (non-hydrogen) atoms. The Morgan fingerprint density at radius 2 is 1.88 bits per heavy atom. The van der Waals surface area contributed by atoms with Crippen molar-refractivity contribution in [1.82, 2.24) is 9.88 Å². The fourth-order valence-electron chi connectivity index (χ4n) is 5.58. The Kier molecular flexibility index (Phi) is 8.89. The summed E-state index contributed by atoms with van der Waals surface area (Å²) < 4.78 is 28.5. The molecular weight excluding hydrogens is 534 g/mol. The smallest absolute Gasteiger partial charge is 0.414 e. The first kappa shape index (κ1) is 28.6. The summed E-state index contributed by atoms with van der Waals surface area (Å²) >= 11 is 0. The van der Waals surface area contributed by atoms with Gasteiger partial charge in [0.15, 0.2) is 24.0 Å². The van der Waals surface area contributed by atoms with Gasteiger partial charge in [-0.3, -0.25) is 14.6 Å². The Balaban J connectivity index is 1.50. The lowest BCUT2D eigenvalue weighted by Crippen LogP contribution is -2.57. The maximum Gasteiger partial charge on any atom is 0.414 e. The van der Waals surface area contributed by atoms with Gasteiger partial charge in [-0.1, -0.05) is 6.07 Å². The van der Waals surface area contributed by atoms with Crippen LogP contribution in [0.15, 0.2) is 30.3 Å². The Labute approximate surface area is 238 Å². The molecule has 3 aliphatic rings. The first-order valence-corrected chi connectivity index (χ1v) is 13.9. The number of carboxylic acid groups (broad SMARTS) is 1. The van der Waals surface area contributed by atoms with Crippen molar-refractivity contribution in [3.8, 4) is 11.5 Å². The number of esters is 1. The molecule has 220 valence electrons. The van der Waals surface area contributed by atoms with Crippen LogP contribution in [0.5, 0.6) is 11.5 Å². The highest BCUT2D eigenvalue weighted by atomic mass is 16.7. The lowest BCUT2D eigenvalue weighted by Gasteiger charge is -2.42. The minimum Gasteiger partial charge on any atom is -0.493 e. The second kappa shape index (κ2) is 12.7. The van der Waals surface area contributed by atoms with Gasteiger partial charge in [-0.15, -0.1) is 0 Å². The van der Waals surface area contributed by atoms with Gasteiger partial charge in [0, 0.05) is 19.2 Å². The normalized spacial score (nSPS) is 22.3. The van der Waals surface area contributed by atoms with Crippen LogP contribution >= 0.6 is 0 Å². The molecule has 1 aromatic heterocycles. The average molecular weight is 570 g/mol. The van der Waals surface area contributed by atoms with Gasteiger partial charge < -0.3 is 33.7 Å². The summed E-state index contributed by atoms with van der Waals surface area (Å²) in [7, 11) is 2.77. The second-order valence-corrected chi connectivity index (χ2v) is 10.2. The molecule has 3 aliphatic heterocycles. The van der Waals surface area contributed by atoms with Gasteiger partial charge in [0.05, 0.1) is 49.3 Å². The van der Waals surface area contributed by atoms with Gasteiger partial charge >= 0.3 is 12.1 Å². The van der Waals surface area contributed by atoms with Crippen LogP contribution in [0.2, 0.25) is 0 Å². The van der Waals surface area contributed by atoms with E-state index in [1.165, 1.54) is 26.4 Å². The van der Waals surface area contributed by atoms with Crippen LogP contribution in [-0.2, 0) is 32.0 Å². The van der Waals surface area contributed by atoms with E-state index in [0.29, 0.717) is 37.4 Å². The van der Waals surface area contributed by atoms with Crippen LogP contribution < -0.4 is 14.4 Å². The highest BCUT2D eigenvalue weighted by molar-refractivity contribution is 6.05. The number of pyridine rings is 1. The van der Waals surface area contributed by atoms with Crippen molar-refractivity contribution in [2.45, 2.75) is 70.1 Å². The van der Waals surface area contributed by atoms with Crippen LogP contribution in [0.3, 0.4) is 0 Å². The van der Waals surface area contributed by atoms with Crippen LogP contribution in [-0.4, -0.2) is 78.9 Å². The highest BCUT2D eigenvalue weighted by Gasteiger charge is 2.46. The van der Waals surface area contributed by atoms with Crippen molar-refractivity contribution >= 4 is 23.7 Å². The Morgan fingerprint density at radius 3 is 2.61 bits per heavy atom. The number of hydrogen-bond acceptors (Lipinski definition) is 9. The van der Waals surface area contributed by atoms with Gasteiger partial charge in [-0.2, -0.15) is 0 Å². The number of carbonyl (C=O) groups is 3. The summed E-state index contributed by atoms with van der Waals surface area (Å²) in [6.45, 7) is 1.05. The van der Waals surface area contributed by atoms with E-state index < -0.39 is 30.6 Å². The molecule has 5 rings (SSSR count). The number of methoxy groups -OCH3 is 2. The number of rotatable bonds is 8. The minimum absolute atomic E-state index is 0.00969. The molecule has 0 aliphatic carbocycles. The zero-order chi connectivity index (χ0) is 28.9. The van der Waals surface area contributed by atoms with E-state index >= 15 is 0 Å². The van der Waals surface area contributed by atoms with Gasteiger partial charge in [0.1, 0.15) is 6.61 Å². The molecule has 3 atom stereocenters. The fourth-order valence-corrected chi connectivity index (χ4v) is 5.58. The van der Waals surface area contributed by atoms with E-state index in [1.807, 2.05) is 0 Å². The molecule has 0 saturated carbocycles. The number of aromatic nitrogens is 1. The Hall–Kier alpha value is -3.90. The van der Waals surface area contributed by atoms with Crippen molar-refractivity contribution < 1.29 is 43.2 Å². The number of hydrogen-bond donors (Lipinski definition) is 1. The molecule has 2 fully saturated rings. The number of nitrogens with zero attached hydrogens (tertiary/aromatic N) is 3. The summed E-state index contributed by atoms with van der Waals surface area (Å²) in [6, 6.07) is 7.78. The third kappa shape index (κ3) is 6.23. The predicted molar refractivity (Wildman–Crippen MR) is 145 cm³/mol. The summed E-state index contributed by atoms with van der Waals surface area (Å²) in [5.41, 5.74) is 1.41. The van der Waals surface area contributed by atoms with E-state index in [2.05, 4.69) is 4.98 Å². The lowest BCUT2D eigenvalue weighted by molar-refractivity contribution is -0.198. The van der Waals surface area contributed by atoms with Gasteiger partial charge in [0.25, 0.3) is 5.91 Å². The zero-order valence-electron chi connectivity index (χ0n) is 23.2. The largest absolute Gasteiger partial charge is 0.493 e. The molecule has 1 N–H and O–H groups in total. The van der Waals surface area contributed by atoms with E-state index in [0.717, 1.165) is 30.6 Å². The monoisotopic (exact) mass is 569 g/mol. The predicted octanol–water partition coefficient (Wildman–Crippen LogP) is 3.75. The SMILES string of the molecule is COC(=O)Cc1cccc(COc2cc3c(cc2OC)C(=O)N2CCCC[C@H]2C(OC2CCCCO2)N3C(=O)O)n1. The van der Waals surface area contributed by atoms with E-state index in [4.69, 9.17) is 23.7 Å². The van der Waals surface area contributed by atoms with Crippen molar-refractivity contribution in [2.75, 3.05) is 32.3 Å². The van der Waals surface area contributed by atoms with E-state index in [-0.39, 0.29) is 41.7 Å². The number of fused-ring (bicyclic) bond motifs is 2. The number of carbonyl (C=O) groups excluding carboxylic acids is 2. The molecule has 2 unspecified atom stereocenters. The molecule has 0 bridgehead atoms. The van der Waals surface area contributed by atoms with Gasteiger partial charge in [-0.25, -0.2) is 9.69 Å². The molecule has 2 aromatic rings. The molecule has 0 spiro atoms. The maximum atomic E-state index is 13.9. The second-order valence-electron chi connectivity index (χ2n) is 10.2. The molecule has 0 radical (unpaired) electrons. The number of piperidine rings is 1. The maximum absolute atomic E-state index is 13.9. The van der Waals surface area contributed by atoms with Crippen LogP contribution in [0.1, 0.15) is 60.3 Å². The topological polar surface area (TPSA) is 137 Å². The van der Waals surface area contributed by atoms with Gasteiger partial charge in [0.2, 0.25) is 0 Å². The third-order valence-electron chi connectivity index (χ3n) is 7.59. The van der Waals surface area contributed by atoms with E-state index in [9.17, 15) is 19.5 Å². The number of benzene rings is 1. The average Bonchev–Trinajstić information content (AvgIpc) is 3.08. The Bertz CT molecular complexity index is 1280. The first-order chi connectivity index (χ1) is 19.9. The number of ether oxygens (including phenoxy) is 5. The molecule has 1 aromatic carbocycles. The van der Waals surface area contributed by atoms with E-state index in [1.54, 1.807) is 23.1 Å². The van der Waals surface area contributed by atoms with Crippen molar-refractivity contribution in [3.05, 3.63) is 47.3 Å². The summed E-state index contributed by atoms with van der Waals surface area (Å²) in [6.07, 6.45) is 2.01. The molecule has 12 nitrogen and oxygen atoms in total. The standard InChI is InChI=1S/C29H35N3O9/c1-37-23-15-20-22(16-24(23)40-17-19-9-7-8-18(30-19)14-25(33)38-2)32(29(35)36)28(41-26-11-4-6-13-39-26)21-10-3-5-12-31(21)27(20)34/h7-9,15-16,21,26,28H,3-6,10-14,17H2,1-2H3,(H,35,36)/t21-,26?,28?/m0/s1. The first-order valence-electron chi connectivity index (χ1n) is 13.9. The highest BCUT2D eigenvalue weighted by Crippen LogP contribution is 2.42.